The molecule has 0 radical (unpaired) electrons. The Labute approximate surface area is 191 Å². The molecule has 0 aliphatic carbocycles. The van der Waals surface area contributed by atoms with Gasteiger partial charge in [-0.15, -0.1) is 11.3 Å². The van der Waals surface area contributed by atoms with Gasteiger partial charge in [-0.25, -0.2) is 15.0 Å². The van der Waals surface area contributed by atoms with Crippen LogP contribution in [-0.2, 0) is 17.8 Å². The lowest BCUT2D eigenvalue weighted by Crippen LogP contribution is -2.44. The minimum absolute atomic E-state index is 0.211. The van der Waals surface area contributed by atoms with E-state index in [1.807, 2.05) is 6.07 Å². The Morgan fingerprint density at radius 2 is 1.78 bits per heavy atom. The van der Waals surface area contributed by atoms with Crippen molar-refractivity contribution >= 4 is 37.6 Å². The molecule has 1 fully saturated rings. The van der Waals surface area contributed by atoms with Gasteiger partial charge in [0.2, 0.25) is 0 Å². The fourth-order valence-electron chi connectivity index (χ4n) is 4.87. The van der Waals surface area contributed by atoms with Crippen LogP contribution in [0.4, 0.5) is 5.82 Å². The van der Waals surface area contributed by atoms with Gasteiger partial charge >= 0.3 is 0 Å². The van der Waals surface area contributed by atoms with Gasteiger partial charge in [0, 0.05) is 49.1 Å². The number of fused-ring (bicyclic) bond motifs is 5. The lowest BCUT2D eigenvalue weighted by atomic mass is 9.88. The van der Waals surface area contributed by atoms with Crippen molar-refractivity contribution in [1.29, 1.82) is 0 Å². The van der Waals surface area contributed by atoms with Crippen molar-refractivity contribution in [3.63, 3.8) is 0 Å². The molecule has 5 heterocycles. The van der Waals surface area contributed by atoms with Crippen LogP contribution in [0.2, 0.25) is 0 Å². The van der Waals surface area contributed by atoms with E-state index in [0.29, 0.717) is 6.61 Å². The lowest BCUT2D eigenvalue weighted by molar-refractivity contribution is -0.0394. The summed E-state index contributed by atoms with van der Waals surface area (Å²) in [5.41, 5.74) is 5.52. The topological polar surface area (TPSA) is 54.4 Å². The largest absolute Gasteiger partial charge is 0.370 e. The third-order valence-corrected chi connectivity index (χ3v) is 7.73. The molecule has 0 atom stereocenters. The van der Waals surface area contributed by atoms with Crippen LogP contribution in [0.1, 0.15) is 25.0 Å². The molecule has 0 amide bonds. The number of likely N-dealkylation sites (N-methyl/N-ethyl adjacent to an activating group) is 1. The van der Waals surface area contributed by atoms with Gasteiger partial charge in [0.1, 0.15) is 17.0 Å². The number of hydrogen-bond donors (Lipinski definition) is 0. The first kappa shape index (κ1) is 20.0. The Hall–Kier alpha value is -2.61. The Morgan fingerprint density at radius 3 is 2.56 bits per heavy atom. The molecule has 6 nitrogen and oxygen atoms in total. The average Bonchev–Trinajstić information content (AvgIpc) is 3.18. The van der Waals surface area contributed by atoms with Crippen molar-refractivity contribution in [1.82, 2.24) is 19.9 Å². The highest BCUT2D eigenvalue weighted by atomic mass is 32.1. The second-order valence-corrected chi connectivity index (χ2v) is 10.5. The fourth-order valence-corrected chi connectivity index (χ4v) is 6.05. The molecule has 0 unspecified atom stereocenters. The molecule has 1 saturated heterocycles. The number of pyridine rings is 1. The molecule has 6 rings (SSSR count). The van der Waals surface area contributed by atoms with Crippen molar-refractivity contribution in [2.24, 2.45) is 0 Å². The maximum atomic E-state index is 6.24. The van der Waals surface area contributed by atoms with Gasteiger partial charge in [-0.05, 0) is 26.5 Å². The van der Waals surface area contributed by atoms with Gasteiger partial charge in [0.15, 0.2) is 0 Å². The van der Waals surface area contributed by atoms with E-state index in [2.05, 4.69) is 55.0 Å². The summed E-state index contributed by atoms with van der Waals surface area (Å²) in [4.78, 5) is 20.5. The fraction of sp³-hybridized carbons (Fsp3) is 0.400. The van der Waals surface area contributed by atoms with Gasteiger partial charge in [0.25, 0.3) is 0 Å². The lowest BCUT2D eigenvalue weighted by Gasteiger charge is -2.33. The average molecular weight is 446 g/mol. The van der Waals surface area contributed by atoms with Crippen molar-refractivity contribution in [3.05, 3.63) is 47.8 Å². The summed E-state index contributed by atoms with van der Waals surface area (Å²) in [5.74, 6) is 1.05. The van der Waals surface area contributed by atoms with E-state index in [0.717, 1.165) is 64.7 Å². The second kappa shape index (κ2) is 7.47. The Bertz CT molecular complexity index is 1310. The highest BCUT2D eigenvalue weighted by Crippen LogP contribution is 2.44. The van der Waals surface area contributed by atoms with Crippen LogP contribution in [0.15, 0.2) is 36.7 Å². The Morgan fingerprint density at radius 1 is 1.00 bits per heavy atom. The number of nitrogens with zero attached hydrogens (tertiary/aromatic N) is 5. The molecule has 2 aliphatic rings. The van der Waals surface area contributed by atoms with Gasteiger partial charge in [-0.1, -0.05) is 30.3 Å². The normalized spacial score (nSPS) is 18.9. The van der Waals surface area contributed by atoms with Crippen LogP contribution < -0.4 is 4.90 Å². The smallest absolute Gasteiger partial charge is 0.150 e. The van der Waals surface area contributed by atoms with Crippen LogP contribution in [0.5, 0.6) is 0 Å². The second-order valence-electron chi connectivity index (χ2n) is 9.46. The van der Waals surface area contributed by atoms with Gasteiger partial charge in [-0.2, -0.15) is 0 Å². The highest BCUT2D eigenvalue weighted by molar-refractivity contribution is 7.26. The molecule has 7 heteroatoms. The standard InChI is InChI=1S/C25H27N5OS/c1-25(2)13-17-18(14-31-25)20(16-7-5-4-6-8-16)28-24-19(17)21-22(32-24)23(27-15-26-21)30-11-9-29(3)10-12-30/h4-8,15H,9-14H2,1-3H3. The van der Waals surface area contributed by atoms with Crippen molar-refractivity contribution in [3.8, 4) is 11.3 Å². The predicted molar refractivity (Wildman–Crippen MR) is 130 cm³/mol. The van der Waals surface area contributed by atoms with Crippen LogP contribution in [0, 0.1) is 0 Å². The summed E-state index contributed by atoms with van der Waals surface area (Å²) in [7, 11) is 2.18. The first-order chi connectivity index (χ1) is 15.5. The summed E-state index contributed by atoms with van der Waals surface area (Å²) < 4.78 is 7.39. The van der Waals surface area contributed by atoms with Crippen molar-refractivity contribution < 1.29 is 4.74 Å². The van der Waals surface area contributed by atoms with Gasteiger partial charge in [0.05, 0.1) is 28.1 Å². The molecular weight excluding hydrogens is 418 g/mol. The zero-order chi connectivity index (χ0) is 21.9. The monoisotopic (exact) mass is 445 g/mol. The zero-order valence-corrected chi connectivity index (χ0v) is 19.6. The van der Waals surface area contributed by atoms with E-state index in [1.54, 1.807) is 17.7 Å². The predicted octanol–water partition coefficient (Wildman–Crippen LogP) is 4.51. The number of benzene rings is 1. The molecule has 0 bridgehead atoms. The SMILES string of the molecule is CN1CCN(c2ncnc3c2sc2nc(-c4ccccc4)c4c(c23)CC(C)(C)OC4)CC1. The maximum absolute atomic E-state index is 6.24. The summed E-state index contributed by atoms with van der Waals surface area (Å²) in [6.45, 7) is 8.98. The molecule has 1 aromatic carbocycles. The van der Waals surface area contributed by atoms with E-state index in [9.17, 15) is 0 Å². The number of hydrogen-bond acceptors (Lipinski definition) is 7. The van der Waals surface area contributed by atoms with E-state index in [1.165, 1.54) is 16.5 Å². The first-order valence-corrected chi connectivity index (χ1v) is 12.0. The Kier molecular flexibility index (Phi) is 4.68. The minimum Gasteiger partial charge on any atom is -0.370 e. The van der Waals surface area contributed by atoms with Gasteiger partial charge in [-0.3, -0.25) is 0 Å². The summed E-state index contributed by atoms with van der Waals surface area (Å²) in [6.07, 6.45) is 2.57. The van der Waals surface area contributed by atoms with Crippen LogP contribution in [0.3, 0.4) is 0 Å². The number of anilines is 1. The Balaban J connectivity index is 1.61. The third-order valence-electron chi connectivity index (χ3n) is 6.66. The van der Waals surface area contributed by atoms with Crippen molar-refractivity contribution in [2.45, 2.75) is 32.5 Å². The van der Waals surface area contributed by atoms with E-state index < -0.39 is 0 Å². The molecule has 0 saturated carbocycles. The third kappa shape index (κ3) is 3.27. The summed E-state index contributed by atoms with van der Waals surface area (Å²) >= 11 is 1.73. The van der Waals surface area contributed by atoms with E-state index in [-0.39, 0.29) is 5.60 Å². The number of ether oxygens (including phenoxy) is 1. The maximum Gasteiger partial charge on any atom is 0.150 e. The van der Waals surface area contributed by atoms with Gasteiger partial charge < -0.3 is 14.5 Å². The summed E-state index contributed by atoms with van der Waals surface area (Å²) in [5, 5.41) is 1.19. The molecule has 32 heavy (non-hydrogen) atoms. The zero-order valence-electron chi connectivity index (χ0n) is 18.8. The van der Waals surface area contributed by atoms with Crippen LogP contribution >= 0.6 is 11.3 Å². The van der Waals surface area contributed by atoms with Crippen LogP contribution in [0.25, 0.3) is 31.7 Å². The molecule has 0 N–H and O–H groups in total. The van der Waals surface area contributed by atoms with E-state index in [4.69, 9.17) is 19.7 Å². The first-order valence-electron chi connectivity index (χ1n) is 11.2. The molecule has 4 aromatic rings. The number of piperazine rings is 1. The molecule has 0 spiro atoms. The summed E-state index contributed by atoms with van der Waals surface area (Å²) in [6, 6.07) is 10.5. The number of rotatable bonds is 2. The molecular formula is C25H27N5OS. The number of thiophene rings is 1. The quantitative estimate of drug-likeness (QED) is 0.453. The molecule has 2 aliphatic heterocycles. The van der Waals surface area contributed by atoms with Crippen LogP contribution in [-0.4, -0.2) is 58.7 Å². The number of aromatic nitrogens is 3. The minimum atomic E-state index is -0.211. The van der Waals surface area contributed by atoms with E-state index >= 15 is 0 Å². The molecule has 3 aromatic heterocycles. The highest BCUT2D eigenvalue weighted by Gasteiger charge is 2.32. The molecule has 164 valence electrons. The van der Waals surface area contributed by atoms with Crippen molar-refractivity contribution in [2.75, 3.05) is 38.1 Å².